The summed E-state index contributed by atoms with van der Waals surface area (Å²) in [5.41, 5.74) is 1.48. The Morgan fingerprint density at radius 1 is 1.07 bits per heavy atom. The van der Waals surface area contributed by atoms with Crippen LogP contribution in [0.3, 0.4) is 0 Å². The van der Waals surface area contributed by atoms with Crippen LogP contribution < -0.4 is 10.1 Å². The molecule has 0 radical (unpaired) electrons. The third-order valence-electron chi connectivity index (χ3n) is 6.46. The maximum absolute atomic E-state index is 13.5. The summed E-state index contributed by atoms with van der Waals surface area (Å²) < 4.78 is 11.8. The number of nitrogens with zero attached hydrogens (tertiary/aromatic N) is 2. The van der Waals surface area contributed by atoms with Gasteiger partial charge in [-0.2, -0.15) is 4.99 Å². The minimum atomic E-state index is -0.900. The van der Waals surface area contributed by atoms with Gasteiger partial charge in [0.05, 0.1) is 17.2 Å². The lowest BCUT2D eigenvalue weighted by Crippen LogP contribution is -2.48. The van der Waals surface area contributed by atoms with E-state index in [9.17, 15) is 19.2 Å². The fourth-order valence-corrected chi connectivity index (χ4v) is 5.90. The standard InChI is InChI=1S/C29H27N3O6S.ClH/c1-29(2,3)38-27(36)23-22-21(39-28(23)37-15-17-9-5-4-6-10-17)13-30-20(24(22)31-16-33)14-32-25(34)18-11-7-8-12-19(18)26(32)35;/h4-12,20,24,30H,13-15H2,1-3H3;1H. The minimum absolute atomic E-state index is 0. The number of aliphatic imine (C=N–C) groups is 1. The zero-order valence-corrected chi connectivity index (χ0v) is 23.8. The monoisotopic (exact) mass is 581 g/mol. The smallest absolute Gasteiger partial charge is 0.343 e. The summed E-state index contributed by atoms with van der Waals surface area (Å²) >= 11 is 1.28. The van der Waals surface area contributed by atoms with Crippen LogP contribution in [0.1, 0.15) is 73.9 Å². The molecule has 2 amide bonds. The van der Waals surface area contributed by atoms with E-state index in [2.05, 4.69) is 10.3 Å². The predicted octanol–water partition coefficient (Wildman–Crippen LogP) is 4.85. The number of isocyanates is 1. The van der Waals surface area contributed by atoms with Crippen molar-refractivity contribution in [2.75, 3.05) is 6.54 Å². The fourth-order valence-electron chi connectivity index (χ4n) is 4.77. The molecule has 0 saturated heterocycles. The first kappa shape index (κ1) is 29.2. The van der Waals surface area contributed by atoms with Crippen molar-refractivity contribution < 1.29 is 28.7 Å². The van der Waals surface area contributed by atoms with Crippen molar-refractivity contribution in [2.24, 2.45) is 4.99 Å². The molecule has 0 spiro atoms. The van der Waals surface area contributed by atoms with E-state index in [1.54, 1.807) is 51.1 Å². The Hall–Kier alpha value is -3.82. The SMILES string of the molecule is CC(C)(C)OC(=O)c1c(OCc2ccccc2)sc2c1C(N=C=O)C(CN1C(=O)c3ccccc3C1=O)NC2.Cl. The average Bonchev–Trinajstić information content (AvgIpc) is 3.40. The molecule has 1 N–H and O–H groups in total. The van der Waals surface area contributed by atoms with Gasteiger partial charge < -0.3 is 14.8 Å². The molecule has 1 aromatic heterocycles. The van der Waals surface area contributed by atoms with E-state index in [0.717, 1.165) is 15.3 Å². The number of rotatable bonds is 7. The molecule has 2 atom stereocenters. The third kappa shape index (κ3) is 5.71. The van der Waals surface area contributed by atoms with Gasteiger partial charge in [0.25, 0.3) is 11.8 Å². The number of amides is 2. The van der Waals surface area contributed by atoms with Crippen LogP contribution in [0.15, 0.2) is 59.6 Å². The van der Waals surface area contributed by atoms with E-state index in [1.165, 1.54) is 11.3 Å². The van der Waals surface area contributed by atoms with Gasteiger partial charge in [0.1, 0.15) is 23.8 Å². The number of hydrogen-bond donors (Lipinski definition) is 1. The van der Waals surface area contributed by atoms with Crippen LogP contribution in [0.2, 0.25) is 0 Å². The van der Waals surface area contributed by atoms with Crippen LogP contribution in [0.25, 0.3) is 0 Å². The zero-order chi connectivity index (χ0) is 27.7. The van der Waals surface area contributed by atoms with E-state index in [0.29, 0.717) is 28.3 Å². The molecule has 2 unspecified atom stereocenters. The number of halogens is 1. The van der Waals surface area contributed by atoms with Crippen LogP contribution in [0.5, 0.6) is 5.06 Å². The summed E-state index contributed by atoms with van der Waals surface area (Å²) in [6.07, 6.45) is 1.61. The fraction of sp³-hybridized carbons (Fsp3) is 0.310. The number of benzene rings is 2. The summed E-state index contributed by atoms with van der Waals surface area (Å²) in [4.78, 5) is 57.1. The molecule has 2 aliphatic heterocycles. The number of imide groups is 1. The molecule has 5 rings (SSSR count). The highest BCUT2D eigenvalue weighted by Crippen LogP contribution is 2.45. The quantitative estimate of drug-likeness (QED) is 0.184. The highest BCUT2D eigenvalue weighted by molar-refractivity contribution is 7.14. The second kappa shape index (κ2) is 11.7. The van der Waals surface area contributed by atoms with Crippen molar-refractivity contribution in [3.8, 4) is 5.06 Å². The molecule has 0 fully saturated rings. The van der Waals surface area contributed by atoms with Crippen LogP contribution in [-0.2, 0) is 22.7 Å². The van der Waals surface area contributed by atoms with Gasteiger partial charge in [0.15, 0.2) is 5.06 Å². The zero-order valence-electron chi connectivity index (χ0n) is 22.1. The Balaban J connectivity index is 0.00000370. The Morgan fingerprint density at radius 3 is 2.30 bits per heavy atom. The number of esters is 1. The van der Waals surface area contributed by atoms with Gasteiger partial charge in [-0.25, -0.2) is 9.59 Å². The number of thiophene rings is 1. The summed E-state index contributed by atoms with van der Waals surface area (Å²) in [5.74, 6) is -1.43. The van der Waals surface area contributed by atoms with E-state index in [1.807, 2.05) is 30.3 Å². The van der Waals surface area contributed by atoms with Crippen molar-refractivity contribution in [1.82, 2.24) is 10.2 Å². The molecule has 0 bridgehead atoms. The molecule has 40 heavy (non-hydrogen) atoms. The molecule has 2 aliphatic rings. The molecule has 11 heteroatoms. The molecule has 3 heterocycles. The molecule has 2 aromatic carbocycles. The van der Waals surface area contributed by atoms with E-state index < -0.39 is 35.5 Å². The number of carbonyl (C=O) groups is 3. The van der Waals surface area contributed by atoms with Gasteiger partial charge in [-0.15, -0.1) is 23.7 Å². The molecule has 0 saturated carbocycles. The molecular weight excluding hydrogens is 554 g/mol. The maximum Gasteiger partial charge on any atom is 0.343 e. The Bertz CT molecular complexity index is 1460. The van der Waals surface area contributed by atoms with Crippen LogP contribution in [-0.4, -0.2) is 47.0 Å². The number of ether oxygens (including phenoxy) is 2. The maximum atomic E-state index is 13.5. The highest BCUT2D eigenvalue weighted by Gasteiger charge is 2.43. The second-order valence-corrected chi connectivity index (χ2v) is 11.4. The predicted molar refractivity (Wildman–Crippen MR) is 151 cm³/mol. The van der Waals surface area contributed by atoms with Crippen molar-refractivity contribution in [3.63, 3.8) is 0 Å². The molecule has 208 valence electrons. The van der Waals surface area contributed by atoms with Gasteiger partial charge in [-0.05, 0) is 38.5 Å². The Labute approximate surface area is 241 Å². The van der Waals surface area contributed by atoms with Gasteiger partial charge in [-0.1, -0.05) is 42.5 Å². The number of fused-ring (bicyclic) bond motifs is 2. The van der Waals surface area contributed by atoms with Crippen molar-refractivity contribution in [1.29, 1.82) is 0 Å². The van der Waals surface area contributed by atoms with Crippen LogP contribution in [0, 0.1) is 0 Å². The van der Waals surface area contributed by atoms with Crippen molar-refractivity contribution in [2.45, 2.75) is 51.6 Å². The molecule has 0 aliphatic carbocycles. The van der Waals surface area contributed by atoms with E-state index in [-0.39, 0.29) is 31.1 Å². The minimum Gasteiger partial charge on any atom is -0.478 e. The van der Waals surface area contributed by atoms with Crippen LogP contribution >= 0.6 is 23.7 Å². The van der Waals surface area contributed by atoms with Gasteiger partial charge in [0, 0.05) is 23.5 Å². The lowest BCUT2D eigenvalue weighted by molar-refractivity contribution is 0.00634. The number of nitrogens with one attached hydrogen (secondary N) is 1. The highest BCUT2D eigenvalue weighted by atomic mass is 35.5. The van der Waals surface area contributed by atoms with Crippen molar-refractivity contribution >= 4 is 47.6 Å². The lowest BCUT2D eigenvalue weighted by Gasteiger charge is -2.32. The lowest BCUT2D eigenvalue weighted by atomic mass is 9.92. The molecule has 3 aromatic rings. The van der Waals surface area contributed by atoms with Gasteiger partial charge in [0.2, 0.25) is 6.08 Å². The summed E-state index contributed by atoms with van der Waals surface area (Å²) in [5, 5.41) is 3.64. The average molecular weight is 582 g/mol. The van der Waals surface area contributed by atoms with E-state index >= 15 is 0 Å². The summed E-state index contributed by atoms with van der Waals surface area (Å²) in [7, 11) is 0. The second-order valence-electron chi connectivity index (χ2n) is 10.3. The first-order valence-electron chi connectivity index (χ1n) is 12.5. The van der Waals surface area contributed by atoms with Gasteiger partial charge in [-0.3, -0.25) is 14.5 Å². The summed E-state index contributed by atoms with van der Waals surface area (Å²) in [6, 6.07) is 14.6. The van der Waals surface area contributed by atoms with Crippen LogP contribution in [0.4, 0.5) is 0 Å². The Kier molecular flexibility index (Phi) is 8.56. The summed E-state index contributed by atoms with van der Waals surface area (Å²) in [6.45, 7) is 5.80. The molecule has 9 nitrogen and oxygen atoms in total. The third-order valence-corrected chi connectivity index (χ3v) is 7.57. The normalized spacial score (nSPS) is 17.8. The van der Waals surface area contributed by atoms with E-state index in [4.69, 9.17) is 9.47 Å². The number of hydrogen-bond acceptors (Lipinski definition) is 9. The van der Waals surface area contributed by atoms with Crippen molar-refractivity contribution in [3.05, 3.63) is 87.3 Å². The first-order chi connectivity index (χ1) is 18.7. The number of carbonyl (C=O) groups excluding carboxylic acids is 4. The first-order valence-corrected chi connectivity index (χ1v) is 13.3. The Morgan fingerprint density at radius 2 is 1.70 bits per heavy atom. The molecular formula is C29H28ClN3O6S. The van der Waals surface area contributed by atoms with Gasteiger partial charge >= 0.3 is 5.97 Å². The topological polar surface area (TPSA) is 114 Å². The largest absolute Gasteiger partial charge is 0.478 e.